The van der Waals surface area contributed by atoms with Crippen molar-refractivity contribution in [3.05, 3.63) is 75.3 Å². The number of benzene rings is 1. The van der Waals surface area contributed by atoms with Gasteiger partial charge in [-0.15, -0.1) is 11.3 Å². The third-order valence-corrected chi connectivity index (χ3v) is 10.5. The van der Waals surface area contributed by atoms with E-state index >= 15 is 0 Å². The number of cyclic esters (lactones) is 1. The number of Topliss-reactive ketones (excluding diaryl/α,β-unsaturated/α-hetero) is 1. The second kappa shape index (κ2) is 16.0. The lowest BCUT2D eigenvalue weighted by Gasteiger charge is -2.34. The molecule has 14 heteroatoms. The van der Waals surface area contributed by atoms with E-state index in [0.29, 0.717) is 16.3 Å². The average Bonchev–Trinajstić information content (AvgIpc) is 3.45. The van der Waals surface area contributed by atoms with Gasteiger partial charge in [0.2, 0.25) is 0 Å². The number of allylic oxidation sites excluding steroid dienone is 2. The molecule has 2 N–H and O–H groups in total. The van der Waals surface area contributed by atoms with Crippen LogP contribution in [0, 0.1) is 24.2 Å². The van der Waals surface area contributed by atoms with Crippen molar-refractivity contribution in [2.75, 3.05) is 0 Å². The van der Waals surface area contributed by atoms with Gasteiger partial charge in [0.25, 0.3) is 10.1 Å². The monoisotopic (exact) mass is 713 g/mol. The summed E-state index contributed by atoms with van der Waals surface area (Å²) in [6.45, 7) is 8.97. The van der Waals surface area contributed by atoms with Gasteiger partial charge >= 0.3 is 12.1 Å². The summed E-state index contributed by atoms with van der Waals surface area (Å²) in [6, 6.07) is 6.14. The lowest BCUT2D eigenvalue weighted by molar-refractivity contribution is -0.154. The van der Waals surface area contributed by atoms with Crippen LogP contribution >= 0.6 is 11.3 Å². The Balaban J connectivity index is 1.90. The summed E-state index contributed by atoms with van der Waals surface area (Å²) in [6.07, 6.45) is -4.99. The van der Waals surface area contributed by atoms with Crippen LogP contribution < -0.4 is 0 Å². The van der Waals surface area contributed by atoms with Gasteiger partial charge in [-0.2, -0.15) is 21.6 Å². The molecule has 1 aromatic heterocycles. The normalized spacial score (nSPS) is 27.2. The number of hydrogen-bond acceptors (Lipinski definition) is 10. The summed E-state index contributed by atoms with van der Waals surface area (Å²) >= 11 is 1.10. The van der Waals surface area contributed by atoms with Crippen LogP contribution in [0.3, 0.4) is 0 Å². The number of ether oxygens (including phenoxy) is 1. The molecule has 5 unspecified atom stereocenters. The quantitative estimate of drug-likeness (QED) is 0.195. The third-order valence-electron chi connectivity index (χ3n) is 8.39. The van der Waals surface area contributed by atoms with E-state index in [1.807, 2.05) is 6.92 Å². The number of ketones is 1. The van der Waals surface area contributed by atoms with E-state index in [2.05, 4.69) is 4.98 Å². The molecule has 0 saturated heterocycles. The van der Waals surface area contributed by atoms with Crippen molar-refractivity contribution in [2.45, 2.75) is 96.8 Å². The smallest absolute Gasteiger partial charge is 0.412 e. The summed E-state index contributed by atoms with van der Waals surface area (Å²) in [5.41, 5.74) is -0.794. The summed E-state index contributed by atoms with van der Waals surface area (Å²) in [7, 11) is -4.05. The highest BCUT2D eigenvalue weighted by molar-refractivity contribution is 7.86. The van der Waals surface area contributed by atoms with E-state index in [1.165, 1.54) is 51.1 Å². The van der Waals surface area contributed by atoms with Crippen LogP contribution in [0.15, 0.2) is 63.9 Å². The van der Waals surface area contributed by atoms with Crippen LogP contribution in [0.4, 0.5) is 13.2 Å². The Bertz CT molecular complexity index is 1640. The van der Waals surface area contributed by atoms with Crippen molar-refractivity contribution in [1.29, 1.82) is 0 Å². The highest BCUT2D eigenvalue weighted by atomic mass is 32.2. The van der Waals surface area contributed by atoms with Gasteiger partial charge in [0.15, 0.2) is 0 Å². The van der Waals surface area contributed by atoms with E-state index < -0.39 is 82.0 Å². The van der Waals surface area contributed by atoms with Crippen molar-refractivity contribution < 1.29 is 50.3 Å². The molecule has 0 saturated carbocycles. The van der Waals surface area contributed by atoms with Gasteiger partial charge in [0, 0.05) is 29.2 Å². The van der Waals surface area contributed by atoms with E-state index in [-0.39, 0.29) is 17.9 Å². The first-order valence-corrected chi connectivity index (χ1v) is 17.6. The number of alkyl halides is 3. The SMILES string of the molecule is C/C(=C\c1csc(COS(=O)(=O)c2ccc(C)cc2)n1)C1C/C=C(/C(F)(F)F)C/C=C/C(C)C(O)C(C)C(=O)C(C)(C)C(O)CC(=O)O1. The molecular weight excluding hydrogens is 672 g/mol. The molecule has 2 aromatic rings. The molecule has 0 spiro atoms. The number of rotatable bonds is 6. The zero-order valence-electron chi connectivity index (χ0n) is 27.7. The molecule has 2 heterocycles. The second-order valence-electron chi connectivity index (χ2n) is 12.6. The number of nitrogens with zero attached hydrogens (tertiary/aromatic N) is 1. The molecule has 0 bridgehead atoms. The molecule has 0 fully saturated rings. The predicted molar refractivity (Wildman–Crippen MR) is 175 cm³/mol. The maximum Gasteiger partial charge on any atom is 0.412 e. The second-order valence-corrected chi connectivity index (χ2v) is 15.2. The van der Waals surface area contributed by atoms with E-state index in [4.69, 9.17) is 8.92 Å². The predicted octanol–water partition coefficient (Wildman–Crippen LogP) is 6.49. The van der Waals surface area contributed by atoms with Crippen molar-refractivity contribution >= 4 is 39.3 Å². The maximum atomic E-state index is 14.0. The number of aryl methyl sites for hydroxylation is 1. The molecule has 0 radical (unpaired) electrons. The molecule has 48 heavy (non-hydrogen) atoms. The Kier molecular flexibility index (Phi) is 13.1. The van der Waals surface area contributed by atoms with Gasteiger partial charge in [-0.3, -0.25) is 13.8 Å². The zero-order chi connectivity index (χ0) is 36.0. The lowest BCUT2D eigenvalue weighted by Crippen LogP contribution is -2.45. The van der Waals surface area contributed by atoms with Gasteiger partial charge in [-0.1, -0.05) is 63.6 Å². The fourth-order valence-electron chi connectivity index (χ4n) is 5.08. The van der Waals surface area contributed by atoms with Gasteiger partial charge in [-0.25, -0.2) is 4.98 Å². The molecule has 0 amide bonds. The number of aromatic nitrogens is 1. The molecule has 0 aliphatic carbocycles. The number of thiazole rings is 1. The Morgan fingerprint density at radius 1 is 1.17 bits per heavy atom. The lowest BCUT2D eigenvalue weighted by atomic mass is 9.73. The highest BCUT2D eigenvalue weighted by Gasteiger charge is 2.42. The summed E-state index contributed by atoms with van der Waals surface area (Å²) in [5.74, 6) is -3.10. The van der Waals surface area contributed by atoms with Crippen molar-refractivity contribution in [2.24, 2.45) is 17.3 Å². The molecule has 1 aliphatic heterocycles. The first-order valence-electron chi connectivity index (χ1n) is 15.3. The first-order chi connectivity index (χ1) is 22.2. The number of hydrogen-bond donors (Lipinski definition) is 2. The maximum absolute atomic E-state index is 14.0. The Hall–Kier alpha value is -3.17. The van der Waals surface area contributed by atoms with Gasteiger partial charge in [0.1, 0.15) is 23.5 Å². The van der Waals surface area contributed by atoms with E-state index in [1.54, 1.807) is 31.4 Å². The Morgan fingerprint density at radius 3 is 2.44 bits per heavy atom. The van der Waals surface area contributed by atoms with Crippen LogP contribution in [0.25, 0.3) is 6.08 Å². The van der Waals surface area contributed by atoms with Crippen molar-refractivity contribution in [3.63, 3.8) is 0 Å². The Morgan fingerprint density at radius 2 is 1.81 bits per heavy atom. The molecule has 264 valence electrons. The summed E-state index contributed by atoms with van der Waals surface area (Å²) < 4.78 is 77.8. The van der Waals surface area contributed by atoms with Crippen LogP contribution in [-0.4, -0.2) is 59.9 Å². The fourth-order valence-corrected chi connectivity index (χ4v) is 6.69. The minimum atomic E-state index is -4.70. The number of carbonyl (C=O) groups is 2. The highest BCUT2D eigenvalue weighted by Crippen LogP contribution is 2.33. The first kappa shape index (κ1) is 39.3. The number of aliphatic hydroxyl groups is 2. The fraction of sp³-hybridized carbons (Fsp3) is 0.500. The van der Waals surface area contributed by atoms with Crippen LogP contribution in [0.5, 0.6) is 0 Å². The van der Waals surface area contributed by atoms with E-state index in [9.17, 15) is 41.4 Å². The zero-order valence-corrected chi connectivity index (χ0v) is 29.3. The van der Waals surface area contributed by atoms with Crippen LogP contribution in [0.2, 0.25) is 0 Å². The number of carbonyl (C=O) groups excluding carboxylic acids is 2. The molecular formula is C34H42F3NO8S2. The topological polar surface area (TPSA) is 140 Å². The minimum Gasteiger partial charge on any atom is -0.457 e. The number of halogens is 3. The molecule has 9 nitrogen and oxygen atoms in total. The third kappa shape index (κ3) is 10.4. The molecule has 5 atom stereocenters. The Labute approximate surface area is 283 Å². The largest absolute Gasteiger partial charge is 0.457 e. The van der Waals surface area contributed by atoms with Crippen molar-refractivity contribution in [1.82, 2.24) is 4.98 Å². The van der Waals surface area contributed by atoms with E-state index in [0.717, 1.165) is 23.0 Å². The number of esters is 1. The summed E-state index contributed by atoms with van der Waals surface area (Å²) in [5, 5.41) is 23.5. The molecule has 3 rings (SSSR count). The number of aliphatic hydroxyl groups excluding tert-OH is 2. The standard InChI is InChI=1S/C34H42F3NO8S2/c1-20-10-13-26(14-11-20)48(43,44)45-18-29-38-25(19-47-29)16-22(3)27-15-12-24(34(35,36)37)9-7-8-21(2)31(41)23(4)32(42)33(5,6)28(39)17-30(40)46-27/h7-8,10-14,16,19,21,23,27-28,31,39,41H,9,15,17-18H2,1-6H3/b8-7+,22-16+,24-12+. The summed E-state index contributed by atoms with van der Waals surface area (Å²) in [4.78, 5) is 30.6. The van der Waals surface area contributed by atoms with Gasteiger partial charge in [-0.05, 0) is 44.1 Å². The molecule has 1 aromatic carbocycles. The van der Waals surface area contributed by atoms with Crippen molar-refractivity contribution in [3.8, 4) is 0 Å². The average molecular weight is 714 g/mol. The van der Waals surface area contributed by atoms with Gasteiger partial charge < -0.3 is 14.9 Å². The van der Waals surface area contributed by atoms with Gasteiger partial charge in [0.05, 0.1) is 34.6 Å². The minimum absolute atomic E-state index is 0.0105. The van der Waals surface area contributed by atoms with Crippen LogP contribution in [0.1, 0.15) is 70.1 Å². The van der Waals surface area contributed by atoms with Crippen LogP contribution in [-0.2, 0) is 35.2 Å². The molecule has 1 aliphatic rings.